The summed E-state index contributed by atoms with van der Waals surface area (Å²) in [5.74, 6) is 0.108. The standard InChI is InChI=1S/C20H22N4O2/c21-16-3-1-14(2-4-16)17-11-18(24-19(17)12-22-13-23-24)15-5-7-20(8-6-15)25-9-10-26-20/h1-4,11-13,15H,5-10,21H2. The first-order valence-electron chi connectivity index (χ1n) is 9.20. The van der Waals surface area contributed by atoms with Gasteiger partial charge in [0.2, 0.25) is 0 Å². The Morgan fingerprint density at radius 2 is 1.81 bits per heavy atom. The zero-order valence-electron chi connectivity index (χ0n) is 14.6. The highest BCUT2D eigenvalue weighted by Crippen LogP contribution is 2.43. The summed E-state index contributed by atoms with van der Waals surface area (Å²) in [4.78, 5) is 4.24. The van der Waals surface area contributed by atoms with Crippen molar-refractivity contribution >= 4 is 11.2 Å². The Morgan fingerprint density at radius 1 is 1.08 bits per heavy atom. The largest absolute Gasteiger partial charge is 0.399 e. The first-order chi connectivity index (χ1) is 12.7. The van der Waals surface area contributed by atoms with Gasteiger partial charge in [-0.25, -0.2) is 9.50 Å². The predicted octanol–water partition coefficient (Wildman–Crippen LogP) is 3.38. The van der Waals surface area contributed by atoms with Gasteiger partial charge in [0.25, 0.3) is 0 Å². The minimum Gasteiger partial charge on any atom is -0.399 e. The Kier molecular flexibility index (Phi) is 3.69. The van der Waals surface area contributed by atoms with Crippen molar-refractivity contribution in [1.82, 2.24) is 14.6 Å². The van der Waals surface area contributed by atoms with Gasteiger partial charge in [-0.15, -0.1) is 0 Å². The molecule has 1 aliphatic heterocycles. The molecule has 0 unspecified atom stereocenters. The van der Waals surface area contributed by atoms with Gasteiger partial charge in [-0.3, -0.25) is 0 Å². The summed E-state index contributed by atoms with van der Waals surface area (Å²) in [6.07, 6.45) is 7.45. The molecule has 1 saturated heterocycles. The van der Waals surface area contributed by atoms with Gasteiger partial charge >= 0.3 is 0 Å². The highest BCUT2D eigenvalue weighted by molar-refractivity contribution is 5.81. The van der Waals surface area contributed by atoms with Gasteiger partial charge < -0.3 is 15.2 Å². The highest BCUT2D eigenvalue weighted by Gasteiger charge is 2.41. The average molecular weight is 350 g/mol. The Bertz CT molecular complexity index is 919. The molecule has 0 amide bonds. The van der Waals surface area contributed by atoms with Crippen LogP contribution in [0.25, 0.3) is 16.6 Å². The number of ether oxygens (including phenoxy) is 2. The van der Waals surface area contributed by atoms with Crippen molar-refractivity contribution in [2.75, 3.05) is 18.9 Å². The maximum atomic E-state index is 5.87. The second-order valence-electron chi connectivity index (χ2n) is 7.19. The minimum absolute atomic E-state index is 0.335. The van der Waals surface area contributed by atoms with Crippen LogP contribution in [0, 0.1) is 0 Å². The van der Waals surface area contributed by atoms with E-state index in [9.17, 15) is 0 Å². The van der Waals surface area contributed by atoms with Gasteiger partial charge in [0, 0.05) is 35.7 Å². The number of hydrogen-bond donors (Lipinski definition) is 1. The second-order valence-corrected chi connectivity index (χ2v) is 7.19. The van der Waals surface area contributed by atoms with Crippen LogP contribution in [0.1, 0.15) is 37.3 Å². The van der Waals surface area contributed by atoms with Gasteiger partial charge in [-0.05, 0) is 36.6 Å². The number of fused-ring (bicyclic) bond motifs is 1. The predicted molar refractivity (Wildman–Crippen MR) is 98.7 cm³/mol. The number of rotatable bonds is 2. The van der Waals surface area contributed by atoms with Crippen molar-refractivity contribution in [2.45, 2.75) is 37.4 Å². The van der Waals surface area contributed by atoms with E-state index in [0.717, 1.165) is 48.0 Å². The Morgan fingerprint density at radius 3 is 2.54 bits per heavy atom. The van der Waals surface area contributed by atoms with E-state index in [1.165, 1.54) is 5.69 Å². The van der Waals surface area contributed by atoms with Crippen LogP contribution in [-0.2, 0) is 9.47 Å². The summed E-state index contributed by atoms with van der Waals surface area (Å²) in [5, 5.41) is 4.53. The molecule has 2 aromatic heterocycles. The molecule has 3 aromatic rings. The molecule has 2 aliphatic rings. The molecule has 1 aromatic carbocycles. The number of nitrogen functional groups attached to an aromatic ring is 1. The van der Waals surface area contributed by atoms with Crippen LogP contribution >= 0.6 is 0 Å². The second kappa shape index (κ2) is 6.07. The lowest BCUT2D eigenvalue weighted by molar-refractivity contribution is -0.179. The molecule has 2 N–H and O–H groups in total. The maximum absolute atomic E-state index is 5.87. The summed E-state index contributed by atoms with van der Waals surface area (Å²) < 4.78 is 13.8. The van der Waals surface area contributed by atoms with Crippen LogP contribution in [0.2, 0.25) is 0 Å². The minimum atomic E-state index is -0.335. The van der Waals surface area contributed by atoms with Crippen LogP contribution < -0.4 is 5.73 Å². The van der Waals surface area contributed by atoms with E-state index >= 15 is 0 Å². The molecule has 26 heavy (non-hydrogen) atoms. The maximum Gasteiger partial charge on any atom is 0.168 e. The van der Waals surface area contributed by atoms with Crippen molar-refractivity contribution in [1.29, 1.82) is 0 Å². The van der Waals surface area contributed by atoms with Crippen molar-refractivity contribution < 1.29 is 9.47 Å². The lowest BCUT2D eigenvalue weighted by atomic mass is 9.83. The molecule has 0 bridgehead atoms. The number of aromatic nitrogens is 3. The fourth-order valence-electron chi connectivity index (χ4n) is 4.30. The molecule has 5 rings (SSSR count). The van der Waals surface area contributed by atoms with E-state index < -0.39 is 0 Å². The van der Waals surface area contributed by atoms with Gasteiger partial charge in [0.05, 0.1) is 24.9 Å². The smallest absolute Gasteiger partial charge is 0.168 e. The SMILES string of the molecule is Nc1ccc(-c2cc(C3CCC4(CC3)OCCO4)n3ncncc23)cc1. The molecule has 0 atom stereocenters. The lowest BCUT2D eigenvalue weighted by Crippen LogP contribution is -2.34. The number of nitrogens with two attached hydrogens (primary N) is 1. The molecule has 0 radical (unpaired) electrons. The zero-order chi connectivity index (χ0) is 17.6. The quantitative estimate of drug-likeness (QED) is 0.717. The normalized spacial score (nSPS) is 20.2. The third-order valence-corrected chi connectivity index (χ3v) is 5.67. The topological polar surface area (TPSA) is 74.7 Å². The first-order valence-corrected chi connectivity index (χ1v) is 9.20. The summed E-state index contributed by atoms with van der Waals surface area (Å²) in [5.41, 5.74) is 11.2. The van der Waals surface area contributed by atoms with Crippen LogP contribution in [0.5, 0.6) is 0 Å². The van der Waals surface area contributed by atoms with Crippen LogP contribution in [0.3, 0.4) is 0 Å². The molecular formula is C20H22N4O2. The van der Waals surface area contributed by atoms with Gasteiger partial charge in [-0.1, -0.05) is 12.1 Å². The van der Waals surface area contributed by atoms with E-state index in [1.54, 1.807) is 6.33 Å². The van der Waals surface area contributed by atoms with Gasteiger partial charge in [0.1, 0.15) is 6.33 Å². The van der Waals surface area contributed by atoms with Crippen molar-refractivity contribution in [3.05, 3.63) is 48.5 Å². The molecular weight excluding hydrogens is 328 g/mol. The van der Waals surface area contributed by atoms with E-state index in [4.69, 9.17) is 15.2 Å². The van der Waals surface area contributed by atoms with E-state index in [0.29, 0.717) is 19.1 Å². The third kappa shape index (κ3) is 2.57. The van der Waals surface area contributed by atoms with E-state index in [1.807, 2.05) is 22.8 Å². The molecule has 3 heterocycles. The Balaban J connectivity index is 1.51. The van der Waals surface area contributed by atoms with Crippen LogP contribution in [0.4, 0.5) is 5.69 Å². The van der Waals surface area contributed by atoms with Crippen molar-refractivity contribution in [3.8, 4) is 11.1 Å². The zero-order valence-corrected chi connectivity index (χ0v) is 14.6. The van der Waals surface area contributed by atoms with E-state index in [2.05, 4.69) is 28.3 Å². The van der Waals surface area contributed by atoms with E-state index in [-0.39, 0.29) is 5.79 Å². The number of anilines is 1. The van der Waals surface area contributed by atoms with Gasteiger partial charge in [0.15, 0.2) is 5.79 Å². The molecule has 1 aliphatic carbocycles. The monoisotopic (exact) mass is 350 g/mol. The average Bonchev–Trinajstić information content (AvgIpc) is 3.29. The van der Waals surface area contributed by atoms with Crippen molar-refractivity contribution in [3.63, 3.8) is 0 Å². The molecule has 1 saturated carbocycles. The summed E-state index contributed by atoms with van der Waals surface area (Å²) >= 11 is 0. The van der Waals surface area contributed by atoms with Crippen LogP contribution in [0.15, 0.2) is 42.9 Å². The number of hydrogen-bond acceptors (Lipinski definition) is 5. The number of benzene rings is 1. The molecule has 6 nitrogen and oxygen atoms in total. The summed E-state index contributed by atoms with van der Waals surface area (Å²) in [6, 6.07) is 10.2. The molecule has 6 heteroatoms. The first kappa shape index (κ1) is 15.8. The fraction of sp³-hybridized carbons (Fsp3) is 0.400. The number of nitrogens with zero attached hydrogens (tertiary/aromatic N) is 3. The highest BCUT2D eigenvalue weighted by atomic mass is 16.7. The summed E-state index contributed by atoms with van der Waals surface area (Å²) in [7, 11) is 0. The third-order valence-electron chi connectivity index (χ3n) is 5.67. The summed E-state index contributed by atoms with van der Waals surface area (Å²) in [6.45, 7) is 1.43. The molecule has 134 valence electrons. The molecule has 2 fully saturated rings. The Hall–Kier alpha value is -2.44. The van der Waals surface area contributed by atoms with Crippen LogP contribution in [-0.4, -0.2) is 33.6 Å². The van der Waals surface area contributed by atoms with Crippen molar-refractivity contribution in [2.24, 2.45) is 0 Å². The molecule has 1 spiro atoms. The Labute approximate surface area is 151 Å². The lowest BCUT2D eigenvalue weighted by Gasteiger charge is -2.35. The van der Waals surface area contributed by atoms with Gasteiger partial charge in [-0.2, -0.15) is 5.10 Å². The fourth-order valence-corrected chi connectivity index (χ4v) is 4.30.